The van der Waals surface area contributed by atoms with Crippen molar-refractivity contribution in [2.24, 2.45) is 0 Å². The first-order chi connectivity index (χ1) is 7.82. The maximum Gasteiger partial charge on any atom is 0.525 e. The molecule has 5 heteroatoms. The number of halogens is 1. The Morgan fingerprint density at radius 1 is 1.29 bits per heavy atom. The van der Waals surface area contributed by atoms with Crippen LogP contribution in [0.25, 0.3) is 6.08 Å². The average molecular weight is 254 g/mol. The lowest BCUT2D eigenvalue weighted by Gasteiger charge is -2.32. The highest BCUT2D eigenvalue weighted by atomic mass is 32.1. The van der Waals surface area contributed by atoms with Crippen molar-refractivity contribution in [3.63, 3.8) is 0 Å². The van der Waals surface area contributed by atoms with E-state index in [1.165, 1.54) is 17.4 Å². The van der Waals surface area contributed by atoms with Crippen molar-refractivity contribution < 1.29 is 13.7 Å². The van der Waals surface area contributed by atoms with Crippen LogP contribution in [-0.2, 0) is 9.31 Å². The fourth-order valence-corrected chi connectivity index (χ4v) is 2.16. The zero-order chi connectivity index (χ0) is 12.7. The maximum absolute atomic E-state index is 14.0. The normalized spacial score (nSPS) is 23.1. The molecule has 0 N–H and O–H groups in total. The van der Waals surface area contributed by atoms with Crippen molar-refractivity contribution in [3.8, 4) is 0 Å². The molecule has 1 aliphatic heterocycles. The summed E-state index contributed by atoms with van der Waals surface area (Å²) in [6.45, 7) is 7.63. The van der Waals surface area contributed by atoms with E-state index in [2.05, 4.69) is 0 Å². The highest BCUT2D eigenvalue weighted by Gasteiger charge is 2.52. The fourth-order valence-electron chi connectivity index (χ4n) is 1.54. The Morgan fingerprint density at radius 2 is 1.88 bits per heavy atom. The molecule has 0 spiro atoms. The zero-order valence-electron chi connectivity index (χ0n) is 10.5. The van der Waals surface area contributed by atoms with E-state index in [0.717, 1.165) is 5.56 Å². The Kier molecular flexibility index (Phi) is 3.18. The quantitative estimate of drug-likeness (QED) is 0.749. The minimum atomic E-state index is -0.903. The molecule has 1 aromatic heterocycles. The molecule has 0 saturated carbocycles. The van der Waals surface area contributed by atoms with Gasteiger partial charge in [0.2, 0.25) is 0 Å². The molecule has 0 aliphatic carbocycles. The van der Waals surface area contributed by atoms with Gasteiger partial charge in [0.1, 0.15) is 5.73 Å². The summed E-state index contributed by atoms with van der Waals surface area (Å²) in [5, 5.41) is 3.79. The molecule has 2 heterocycles. The molecule has 0 amide bonds. The van der Waals surface area contributed by atoms with E-state index in [0.29, 0.717) is 0 Å². The van der Waals surface area contributed by atoms with Crippen LogP contribution in [0.5, 0.6) is 0 Å². The molecular weight excluding hydrogens is 238 g/mol. The molecule has 1 saturated heterocycles. The van der Waals surface area contributed by atoms with E-state index in [1.807, 2.05) is 44.5 Å². The van der Waals surface area contributed by atoms with Gasteiger partial charge in [0.05, 0.1) is 11.2 Å². The van der Waals surface area contributed by atoms with Gasteiger partial charge in [0.25, 0.3) is 0 Å². The monoisotopic (exact) mass is 254 g/mol. The number of hydrogen-bond acceptors (Lipinski definition) is 3. The third kappa shape index (κ3) is 2.46. The highest BCUT2D eigenvalue weighted by molar-refractivity contribution is 7.08. The Morgan fingerprint density at radius 3 is 2.35 bits per heavy atom. The van der Waals surface area contributed by atoms with Crippen LogP contribution in [0, 0.1) is 0 Å². The topological polar surface area (TPSA) is 18.5 Å². The number of thiophene rings is 1. The van der Waals surface area contributed by atoms with Crippen LogP contribution >= 0.6 is 11.3 Å². The second kappa shape index (κ2) is 4.23. The summed E-state index contributed by atoms with van der Waals surface area (Å²) in [6.07, 6.45) is 1.46. The van der Waals surface area contributed by atoms with Crippen LogP contribution in [0.2, 0.25) is 0 Å². The minimum absolute atomic E-state index is 0.387. The van der Waals surface area contributed by atoms with Crippen LogP contribution in [0.15, 0.2) is 22.6 Å². The Balaban J connectivity index is 2.16. The first-order valence-corrected chi connectivity index (χ1v) is 6.51. The van der Waals surface area contributed by atoms with Gasteiger partial charge in [0, 0.05) is 0 Å². The first kappa shape index (κ1) is 12.8. The summed E-state index contributed by atoms with van der Waals surface area (Å²) >= 11 is 1.53. The van der Waals surface area contributed by atoms with E-state index >= 15 is 0 Å². The van der Waals surface area contributed by atoms with Gasteiger partial charge in [-0.05, 0) is 56.2 Å². The van der Waals surface area contributed by atoms with Crippen LogP contribution in [-0.4, -0.2) is 18.3 Å². The highest BCUT2D eigenvalue weighted by Crippen LogP contribution is 2.39. The van der Waals surface area contributed by atoms with Gasteiger partial charge in [-0.1, -0.05) is 0 Å². The lowest BCUT2D eigenvalue weighted by molar-refractivity contribution is 0.00578. The van der Waals surface area contributed by atoms with Crippen LogP contribution in [0.1, 0.15) is 33.3 Å². The maximum atomic E-state index is 14.0. The van der Waals surface area contributed by atoms with Gasteiger partial charge < -0.3 is 9.31 Å². The number of hydrogen-bond donors (Lipinski definition) is 0. The second-order valence-electron chi connectivity index (χ2n) is 5.17. The molecule has 1 aromatic rings. The summed E-state index contributed by atoms with van der Waals surface area (Å²) in [7, 11) is -0.903. The summed E-state index contributed by atoms with van der Waals surface area (Å²) in [4.78, 5) is 0. The molecule has 0 atom stereocenters. The molecule has 92 valence electrons. The third-order valence-corrected chi connectivity index (χ3v) is 4.03. The second-order valence-corrected chi connectivity index (χ2v) is 5.95. The molecular formula is C12H16BFO2S. The van der Waals surface area contributed by atoms with Gasteiger partial charge in [0.15, 0.2) is 0 Å². The molecule has 0 aromatic carbocycles. The van der Waals surface area contributed by atoms with E-state index in [4.69, 9.17) is 9.31 Å². The molecule has 17 heavy (non-hydrogen) atoms. The SMILES string of the molecule is CC1(C)OB(C(F)=Cc2ccsc2)OC1(C)C. The molecule has 0 unspecified atom stereocenters. The van der Waals surface area contributed by atoms with Gasteiger partial charge in [-0.3, -0.25) is 0 Å². The molecule has 2 rings (SSSR count). The van der Waals surface area contributed by atoms with Gasteiger partial charge in [-0.2, -0.15) is 11.3 Å². The molecule has 1 aliphatic rings. The van der Waals surface area contributed by atoms with E-state index < -0.39 is 18.3 Å². The lowest BCUT2D eigenvalue weighted by Crippen LogP contribution is -2.41. The van der Waals surface area contributed by atoms with Crippen LogP contribution in [0.3, 0.4) is 0 Å². The standard InChI is InChI=1S/C12H16BFO2S/c1-11(2)12(3,4)16-13(15-11)10(14)7-9-5-6-17-8-9/h5-8H,1-4H3. The molecule has 0 radical (unpaired) electrons. The molecule has 0 bridgehead atoms. The largest absolute Gasteiger partial charge is 0.525 e. The summed E-state index contributed by atoms with van der Waals surface area (Å²) in [5.41, 5.74) is -0.557. The van der Waals surface area contributed by atoms with Gasteiger partial charge in [-0.15, -0.1) is 0 Å². The van der Waals surface area contributed by atoms with Crippen molar-refractivity contribution in [1.29, 1.82) is 0 Å². The van der Waals surface area contributed by atoms with Crippen LogP contribution < -0.4 is 0 Å². The van der Waals surface area contributed by atoms with Crippen molar-refractivity contribution >= 4 is 24.5 Å². The predicted molar refractivity (Wildman–Crippen MR) is 69.5 cm³/mol. The van der Waals surface area contributed by atoms with E-state index in [-0.39, 0.29) is 5.73 Å². The Hall–Kier alpha value is -0.645. The summed E-state index contributed by atoms with van der Waals surface area (Å²) in [5.74, 6) is 0. The zero-order valence-corrected chi connectivity index (χ0v) is 11.3. The van der Waals surface area contributed by atoms with Crippen molar-refractivity contribution in [2.75, 3.05) is 0 Å². The van der Waals surface area contributed by atoms with Crippen molar-refractivity contribution in [3.05, 3.63) is 28.1 Å². The Labute approximate surface area is 106 Å². The lowest BCUT2D eigenvalue weighted by atomic mass is 9.87. The Bertz CT molecular complexity index is 410. The van der Waals surface area contributed by atoms with Gasteiger partial charge >= 0.3 is 7.12 Å². The predicted octanol–water partition coefficient (Wildman–Crippen LogP) is 3.69. The first-order valence-electron chi connectivity index (χ1n) is 5.57. The third-order valence-electron chi connectivity index (χ3n) is 3.33. The van der Waals surface area contributed by atoms with Gasteiger partial charge in [-0.25, -0.2) is 4.39 Å². The summed E-state index contributed by atoms with van der Waals surface area (Å²) < 4.78 is 25.2. The molecule has 2 nitrogen and oxygen atoms in total. The number of rotatable bonds is 2. The minimum Gasteiger partial charge on any atom is -0.398 e. The summed E-state index contributed by atoms with van der Waals surface area (Å²) in [6, 6.07) is 1.86. The van der Waals surface area contributed by atoms with E-state index in [1.54, 1.807) is 0 Å². The van der Waals surface area contributed by atoms with Crippen molar-refractivity contribution in [1.82, 2.24) is 0 Å². The average Bonchev–Trinajstić information content (AvgIpc) is 2.74. The van der Waals surface area contributed by atoms with Crippen LogP contribution in [0.4, 0.5) is 4.39 Å². The fraction of sp³-hybridized carbons (Fsp3) is 0.500. The molecule has 1 fully saturated rings. The van der Waals surface area contributed by atoms with E-state index in [9.17, 15) is 4.39 Å². The smallest absolute Gasteiger partial charge is 0.398 e. The van der Waals surface area contributed by atoms with Crippen molar-refractivity contribution in [2.45, 2.75) is 38.9 Å².